The first-order valence-electron chi connectivity index (χ1n) is 12.5. The summed E-state index contributed by atoms with van der Waals surface area (Å²) in [6, 6.07) is 13.5. The molecule has 0 aliphatic heterocycles. The van der Waals surface area contributed by atoms with E-state index >= 15 is 0 Å². The van der Waals surface area contributed by atoms with Crippen LogP contribution in [0, 0.1) is 5.82 Å². The van der Waals surface area contributed by atoms with E-state index in [0.29, 0.717) is 18.2 Å². The van der Waals surface area contributed by atoms with Gasteiger partial charge in [-0.3, -0.25) is 4.68 Å². The van der Waals surface area contributed by atoms with Crippen LogP contribution >= 0.6 is 11.6 Å². The lowest BCUT2D eigenvalue weighted by Crippen LogP contribution is -2.14. The molecule has 0 spiro atoms. The monoisotopic (exact) mass is 646 g/mol. The van der Waals surface area contributed by atoms with Gasteiger partial charge in [0.2, 0.25) is 0 Å². The third-order valence-corrected chi connectivity index (χ3v) is 6.89. The van der Waals surface area contributed by atoms with E-state index in [0.717, 1.165) is 22.9 Å². The van der Waals surface area contributed by atoms with Crippen LogP contribution in [0.25, 0.3) is 22.2 Å². The summed E-state index contributed by atoms with van der Waals surface area (Å²) < 4.78 is 143. The number of halogens is 11. The zero-order valence-corrected chi connectivity index (χ0v) is 22.6. The molecule has 3 nitrogen and oxygen atoms in total. The van der Waals surface area contributed by atoms with Crippen molar-refractivity contribution in [3.05, 3.63) is 118 Å². The molecule has 0 saturated heterocycles. The lowest BCUT2D eigenvalue weighted by molar-refractivity contribution is -0.142. The fourth-order valence-electron chi connectivity index (χ4n) is 4.67. The maximum absolute atomic E-state index is 14.7. The number of nitrogens with zero attached hydrogens (tertiary/aromatic N) is 2. The van der Waals surface area contributed by atoms with Crippen molar-refractivity contribution in [2.24, 2.45) is 0 Å². The van der Waals surface area contributed by atoms with Gasteiger partial charge in [-0.15, -0.1) is 0 Å². The minimum atomic E-state index is -4.97. The Morgan fingerprint density at radius 3 is 2.07 bits per heavy atom. The second kappa shape index (κ2) is 11.3. The third kappa shape index (κ3) is 6.47. The maximum atomic E-state index is 14.7. The van der Waals surface area contributed by atoms with Crippen molar-refractivity contribution >= 4 is 22.5 Å². The molecular weight excluding hydrogens is 630 g/mol. The van der Waals surface area contributed by atoms with Gasteiger partial charge in [-0.2, -0.15) is 44.6 Å². The molecule has 4 aromatic carbocycles. The van der Waals surface area contributed by atoms with E-state index in [-0.39, 0.29) is 39.5 Å². The molecule has 0 fully saturated rings. The number of aromatic nitrogens is 2. The topological polar surface area (TPSA) is 27.1 Å². The standard InChI is InChI=1S/C30H17ClF10N2O/c31-20-9-7-17(25(32)13-20)14-43-27(22-5-2-6-24(26(22)42-43)30(39,40)41)16-3-1-4-21(12-16)44-15-18-11-19(28(33,34)35)8-10-23(18)29(36,37)38/h1-13H,14-15H2. The molecule has 0 atom stereocenters. The van der Waals surface area contributed by atoms with Crippen LogP contribution in [0.2, 0.25) is 5.02 Å². The molecular formula is C30H17ClF10N2O. The van der Waals surface area contributed by atoms with Gasteiger partial charge in [0, 0.05) is 27.1 Å². The van der Waals surface area contributed by atoms with Gasteiger partial charge in [0.15, 0.2) is 0 Å². The number of alkyl halides is 9. The Bertz CT molecular complexity index is 1840. The fourth-order valence-corrected chi connectivity index (χ4v) is 4.83. The molecule has 0 amide bonds. The molecule has 5 aromatic rings. The second-order valence-electron chi connectivity index (χ2n) is 9.63. The van der Waals surface area contributed by atoms with Crippen molar-refractivity contribution in [2.75, 3.05) is 0 Å². The van der Waals surface area contributed by atoms with Gasteiger partial charge < -0.3 is 4.74 Å². The van der Waals surface area contributed by atoms with E-state index in [4.69, 9.17) is 16.3 Å². The van der Waals surface area contributed by atoms with Crippen LogP contribution in [0.5, 0.6) is 5.75 Å². The summed E-state index contributed by atoms with van der Waals surface area (Å²) >= 11 is 5.82. The molecule has 0 saturated carbocycles. The Hall–Kier alpha value is -4.26. The van der Waals surface area contributed by atoms with Crippen LogP contribution in [0.4, 0.5) is 43.9 Å². The summed E-state index contributed by atoms with van der Waals surface area (Å²) in [5, 5.41) is 4.26. The molecule has 1 heterocycles. The van der Waals surface area contributed by atoms with E-state index in [1.807, 2.05) is 0 Å². The summed E-state index contributed by atoms with van der Waals surface area (Å²) in [5.41, 5.74) is -4.55. The Kier molecular flexibility index (Phi) is 8.04. The van der Waals surface area contributed by atoms with E-state index in [1.54, 1.807) is 0 Å². The average Bonchev–Trinajstić information content (AvgIpc) is 3.30. The molecule has 14 heteroatoms. The average molecular weight is 647 g/mol. The molecule has 5 rings (SSSR count). The van der Waals surface area contributed by atoms with Gasteiger partial charge in [0.05, 0.1) is 28.9 Å². The van der Waals surface area contributed by atoms with E-state index in [9.17, 15) is 43.9 Å². The predicted molar refractivity (Wildman–Crippen MR) is 141 cm³/mol. The Labute approximate surface area is 247 Å². The number of hydrogen-bond donors (Lipinski definition) is 0. The van der Waals surface area contributed by atoms with Gasteiger partial charge in [-0.25, -0.2) is 4.39 Å². The van der Waals surface area contributed by atoms with Crippen molar-refractivity contribution < 1.29 is 48.6 Å². The summed E-state index contributed by atoms with van der Waals surface area (Å²) in [7, 11) is 0. The predicted octanol–water partition coefficient (Wildman–Crippen LogP) is 10.2. The molecule has 0 radical (unpaired) electrons. The summed E-state index contributed by atoms with van der Waals surface area (Å²) in [5.74, 6) is -0.837. The number of benzene rings is 4. The number of hydrogen-bond acceptors (Lipinski definition) is 2. The molecule has 0 aliphatic carbocycles. The zero-order valence-electron chi connectivity index (χ0n) is 21.9. The van der Waals surface area contributed by atoms with Crippen molar-refractivity contribution in [3.63, 3.8) is 0 Å². The van der Waals surface area contributed by atoms with Crippen LogP contribution in [-0.2, 0) is 31.7 Å². The van der Waals surface area contributed by atoms with Crippen LogP contribution in [0.1, 0.15) is 27.8 Å². The molecule has 0 unspecified atom stereocenters. The van der Waals surface area contributed by atoms with Gasteiger partial charge in [0.25, 0.3) is 0 Å². The number of rotatable bonds is 6. The highest BCUT2D eigenvalue weighted by Crippen LogP contribution is 2.40. The lowest BCUT2D eigenvalue weighted by Gasteiger charge is -2.17. The van der Waals surface area contributed by atoms with Crippen molar-refractivity contribution in [1.82, 2.24) is 9.78 Å². The molecule has 0 bridgehead atoms. The van der Waals surface area contributed by atoms with Gasteiger partial charge in [-0.05, 0) is 48.5 Å². The minimum Gasteiger partial charge on any atom is -0.489 e. The first-order chi connectivity index (χ1) is 20.5. The molecule has 44 heavy (non-hydrogen) atoms. The van der Waals surface area contributed by atoms with Crippen LogP contribution in [-0.4, -0.2) is 9.78 Å². The minimum absolute atomic E-state index is 0.0311. The third-order valence-electron chi connectivity index (χ3n) is 6.65. The van der Waals surface area contributed by atoms with Gasteiger partial charge in [-0.1, -0.05) is 41.9 Å². The Balaban J connectivity index is 1.58. The molecule has 0 N–H and O–H groups in total. The van der Waals surface area contributed by atoms with E-state index in [1.165, 1.54) is 42.5 Å². The fraction of sp³-hybridized carbons (Fsp3) is 0.167. The van der Waals surface area contributed by atoms with E-state index in [2.05, 4.69) is 5.10 Å². The van der Waals surface area contributed by atoms with Crippen molar-refractivity contribution in [2.45, 2.75) is 31.7 Å². The molecule has 230 valence electrons. The normalized spacial score (nSPS) is 12.6. The lowest BCUT2D eigenvalue weighted by atomic mass is 10.0. The smallest absolute Gasteiger partial charge is 0.418 e. The van der Waals surface area contributed by atoms with Gasteiger partial charge in [0.1, 0.15) is 23.7 Å². The van der Waals surface area contributed by atoms with Crippen molar-refractivity contribution in [1.29, 1.82) is 0 Å². The first kappa shape index (κ1) is 31.2. The van der Waals surface area contributed by atoms with Crippen LogP contribution in [0.3, 0.4) is 0 Å². The Morgan fingerprint density at radius 1 is 0.705 bits per heavy atom. The zero-order chi connectivity index (χ0) is 32.0. The van der Waals surface area contributed by atoms with E-state index < -0.39 is 58.7 Å². The number of fused-ring (bicyclic) bond motifs is 1. The highest BCUT2D eigenvalue weighted by atomic mass is 35.5. The van der Waals surface area contributed by atoms with Gasteiger partial charge >= 0.3 is 18.5 Å². The maximum Gasteiger partial charge on any atom is 0.418 e. The van der Waals surface area contributed by atoms with Crippen molar-refractivity contribution in [3.8, 4) is 17.0 Å². The first-order valence-corrected chi connectivity index (χ1v) is 12.9. The second-order valence-corrected chi connectivity index (χ2v) is 10.1. The quantitative estimate of drug-likeness (QED) is 0.172. The highest BCUT2D eigenvalue weighted by Gasteiger charge is 2.37. The number of ether oxygens (including phenoxy) is 1. The summed E-state index contributed by atoms with van der Waals surface area (Å²) in [6.45, 7) is -1.23. The summed E-state index contributed by atoms with van der Waals surface area (Å²) in [4.78, 5) is 0. The molecule has 0 aliphatic rings. The summed E-state index contributed by atoms with van der Waals surface area (Å²) in [6.07, 6.45) is -14.7. The Morgan fingerprint density at radius 2 is 1.41 bits per heavy atom. The van der Waals surface area contributed by atoms with Crippen LogP contribution < -0.4 is 4.74 Å². The highest BCUT2D eigenvalue weighted by molar-refractivity contribution is 6.30. The largest absolute Gasteiger partial charge is 0.489 e. The SMILES string of the molecule is Fc1cc(Cl)ccc1Cn1nc2c(C(F)(F)F)cccc2c1-c1cccc(OCc2cc(C(F)(F)F)ccc2C(F)(F)F)c1. The van der Waals surface area contributed by atoms with Crippen LogP contribution in [0.15, 0.2) is 78.9 Å². The molecule has 1 aromatic heterocycles.